The number of hydrogen-bond donors (Lipinski definition) is 0. The van der Waals surface area contributed by atoms with E-state index < -0.39 is 5.92 Å². The van der Waals surface area contributed by atoms with Crippen LogP contribution in [0.25, 0.3) is 0 Å². The number of nitrogens with zero attached hydrogens (tertiary/aromatic N) is 1. The first-order valence-electron chi connectivity index (χ1n) is 8.83. The van der Waals surface area contributed by atoms with E-state index in [1.54, 1.807) is 25.9 Å². The number of hydrogen-bond acceptors (Lipinski definition) is 5. The van der Waals surface area contributed by atoms with Crippen LogP contribution in [0.15, 0.2) is 12.1 Å². The van der Waals surface area contributed by atoms with E-state index in [2.05, 4.69) is 15.9 Å². The molecular formula is C19H26BrNO5. The van der Waals surface area contributed by atoms with E-state index in [1.165, 1.54) is 0 Å². The summed E-state index contributed by atoms with van der Waals surface area (Å²) in [5.41, 5.74) is 2.10. The highest BCUT2D eigenvalue weighted by Crippen LogP contribution is 2.35. The number of carbonyl (C=O) groups is 2. The molecule has 0 radical (unpaired) electrons. The molecule has 1 aliphatic rings. The Bertz CT molecular complexity index is 649. The second-order valence-electron chi connectivity index (χ2n) is 6.27. The minimum Gasteiger partial charge on any atom is -0.493 e. The van der Waals surface area contributed by atoms with Crippen LogP contribution >= 0.6 is 15.9 Å². The van der Waals surface area contributed by atoms with Gasteiger partial charge in [0, 0.05) is 24.8 Å². The fraction of sp³-hybridized carbons (Fsp3) is 0.579. The van der Waals surface area contributed by atoms with Gasteiger partial charge in [-0.3, -0.25) is 9.59 Å². The summed E-state index contributed by atoms with van der Waals surface area (Å²) in [5.74, 6) is 0.543. The van der Waals surface area contributed by atoms with E-state index in [4.69, 9.17) is 14.2 Å². The second kappa shape index (κ2) is 9.80. The SMILES string of the molecule is CCOC(=O)[C@@H](C)CC(=O)N1Cc2cc(OC)c(OCCCBr)cc2C1. The first kappa shape index (κ1) is 20.6. The lowest BCUT2D eigenvalue weighted by Gasteiger charge is -2.17. The molecule has 0 N–H and O–H groups in total. The Balaban J connectivity index is 2.03. The molecule has 1 amide bonds. The van der Waals surface area contributed by atoms with Crippen LogP contribution in [-0.4, -0.2) is 42.4 Å². The van der Waals surface area contributed by atoms with Gasteiger partial charge >= 0.3 is 5.97 Å². The summed E-state index contributed by atoms with van der Waals surface area (Å²) in [6, 6.07) is 3.88. The van der Waals surface area contributed by atoms with Gasteiger partial charge in [-0.05, 0) is 36.6 Å². The third-order valence-electron chi connectivity index (χ3n) is 4.27. The number of amides is 1. The molecule has 0 bridgehead atoms. The lowest BCUT2D eigenvalue weighted by atomic mass is 10.1. The van der Waals surface area contributed by atoms with E-state index in [-0.39, 0.29) is 18.3 Å². The highest BCUT2D eigenvalue weighted by molar-refractivity contribution is 9.09. The number of halogens is 1. The van der Waals surface area contributed by atoms with Crippen molar-refractivity contribution in [1.29, 1.82) is 0 Å². The number of methoxy groups -OCH3 is 1. The molecule has 0 aromatic heterocycles. The van der Waals surface area contributed by atoms with Crippen molar-refractivity contribution >= 4 is 27.8 Å². The molecular weight excluding hydrogens is 402 g/mol. The van der Waals surface area contributed by atoms with Gasteiger partial charge in [0.25, 0.3) is 0 Å². The van der Waals surface area contributed by atoms with Crippen LogP contribution in [0.4, 0.5) is 0 Å². The molecule has 1 aliphatic heterocycles. The van der Waals surface area contributed by atoms with E-state index in [9.17, 15) is 9.59 Å². The summed E-state index contributed by atoms with van der Waals surface area (Å²) >= 11 is 3.38. The normalized spacial score (nSPS) is 13.9. The van der Waals surface area contributed by atoms with Crippen molar-refractivity contribution in [3.05, 3.63) is 23.3 Å². The fourth-order valence-corrected chi connectivity index (χ4v) is 3.08. The molecule has 0 saturated heterocycles. The number of carbonyl (C=O) groups excluding carboxylic acids is 2. The molecule has 1 atom stereocenters. The number of ether oxygens (including phenoxy) is 3. The quantitative estimate of drug-likeness (QED) is 0.343. The molecule has 1 heterocycles. The maximum Gasteiger partial charge on any atom is 0.309 e. The highest BCUT2D eigenvalue weighted by atomic mass is 79.9. The molecule has 144 valence electrons. The molecule has 0 fully saturated rings. The van der Waals surface area contributed by atoms with Gasteiger partial charge < -0.3 is 19.1 Å². The number of fused-ring (bicyclic) bond motifs is 1. The van der Waals surface area contributed by atoms with Crippen LogP contribution in [0.2, 0.25) is 0 Å². The molecule has 1 aromatic carbocycles. The summed E-state index contributed by atoms with van der Waals surface area (Å²) < 4.78 is 16.2. The fourth-order valence-electron chi connectivity index (χ4n) is 2.85. The third kappa shape index (κ3) is 5.13. The van der Waals surface area contributed by atoms with Gasteiger partial charge in [-0.1, -0.05) is 22.9 Å². The van der Waals surface area contributed by atoms with Crippen LogP contribution in [0, 0.1) is 5.92 Å². The van der Waals surface area contributed by atoms with Crippen molar-refractivity contribution in [2.24, 2.45) is 5.92 Å². The Hall–Kier alpha value is -1.76. The second-order valence-corrected chi connectivity index (χ2v) is 7.06. The van der Waals surface area contributed by atoms with Gasteiger partial charge in [-0.25, -0.2) is 0 Å². The largest absolute Gasteiger partial charge is 0.493 e. The van der Waals surface area contributed by atoms with Gasteiger partial charge in [0.1, 0.15) is 0 Å². The van der Waals surface area contributed by atoms with E-state index in [1.807, 2.05) is 12.1 Å². The summed E-state index contributed by atoms with van der Waals surface area (Å²) in [6.45, 7) is 5.43. The predicted molar refractivity (Wildman–Crippen MR) is 102 cm³/mol. The first-order valence-corrected chi connectivity index (χ1v) is 9.95. The summed E-state index contributed by atoms with van der Waals surface area (Å²) in [7, 11) is 1.61. The van der Waals surface area contributed by atoms with Crippen LogP contribution in [-0.2, 0) is 27.4 Å². The van der Waals surface area contributed by atoms with E-state index in [0.29, 0.717) is 37.8 Å². The molecule has 0 saturated carbocycles. The molecule has 26 heavy (non-hydrogen) atoms. The molecule has 6 nitrogen and oxygen atoms in total. The Morgan fingerprint density at radius 1 is 1.23 bits per heavy atom. The van der Waals surface area contributed by atoms with Crippen molar-refractivity contribution in [2.45, 2.75) is 39.8 Å². The zero-order valence-electron chi connectivity index (χ0n) is 15.5. The Kier molecular flexibility index (Phi) is 7.75. The van der Waals surface area contributed by atoms with Crippen molar-refractivity contribution in [3.63, 3.8) is 0 Å². The maximum absolute atomic E-state index is 12.5. The van der Waals surface area contributed by atoms with Crippen LogP contribution in [0.1, 0.15) is 37.8 Å². The van der Waals surface area contributed by atoms with Gasteiger partial charge in [0.05, 0.1) is 26.2 Å². The Labute approximate surface area is 162 Å². The van der Waals surface area contributed by atoms with Gasteiger partial charge in [0.2, 0.25) is 5.91 Å². The van der Waals surface area contributed by atoms with Crippen molar-refractivity contribution < 1.29 is 23.8 Å². The Morgan fingerprint density at radius 2 is 1.88 bits per heavy atom. The smallest absolute Gasteiger partial charge is 0.309 e. The van der Waals surface area contributed by atoms with Crippen LogP contribution < -0.4 is 9.47 Å². The van der Waals surface area contributed by atoms with Crippen molar-refractivity contribution in [2.75, 3.05) is 25.7 Å². The lowest BCUT2D eigenvalue weighted by Crippen LogP contribution is -2.29. The van der Waals surface area contributed by atoms with Gasteiger partial charge in [-0.2, -0.15) is 0 Å². The zero-order valence-corrected chi connectivity index (χ0v) is 17.1. The Morgan fingerprint density at radius 3 is 2.46 bits per heavy atom. The minimum atomic E-state index is -0.441. The van der Waals surface area contributed by atoms with E-state index >= 15 is 0 Å². The van der Waals surface area contributed by atoms with Crippen LogP contribution in [0.5, 0.6) is 11.5 Å². The first-order chi connectivity index (χ1) is 12.5. The lowest BCUT2D eigenvalue weighted by molar-refractivity contribution is -0.150. The summed E-state index contributed by atoms with van der Waals surface area (Å²) in [6.07, 6.45) is 1.05. The number of alkyl halides is 1. The molecule has 0 spiro atoms. The monoisotopic (exact) mass is 427 g/mol. The van der Waals surface area contributed by atoms with Crippen LogP contribution in [0.3, 0.4) is 0 Å². The predicted octanol–water partition coefficient (Wildman–Crippen LogP) is 3.29. The average Bonchev–Trinajstić information content (AvgIpc) is 3.04. The zero-order chi connectivity index (χ0) is 19.1. The maximum atomic E-state index is 12.5. The number of rotatable bonds is 9. The average molecular weight is 428 g/mol. The molecule has 2 rings (SSSR count). The standard InChI is InChI=1S/C19H26BrNO5/c1-4-25-19(23)13(2)8-18(22)21-11-14-9-16(24-3)17(10-15(14)12-21)26-7-5-6-20/h9-10,13H,4-8,11-12H2,1-3H3/t13-/m0/s1. The highest BCUT2D eigenvalue weighted by Gasteiger charge is 2.28. The summed E-state index contributed by atoms with van der Waals surface area (Å²) in [4.78, 5) is 26.0. The number of benzene rings is 1. The molecule has 1 aromatic rings. The number of esters is 1. The molecule has 0 unspecified atom stereocenters. The molecule has 7 heteroatoms. The van der Waals surface area contributed by atoms with Gasteiger partial charge in [0.15, 0.2) is 11.5 Å². The van der Waals surface area contributed by atoms with Crippen molar-refractivity contribution in [3.8, 4) is 11.5 Å². The topological polar surface area (TPSA) is 65.1 Å². The summed E-state index contributed by atoms with van der Waals surface area (Å²) in [5, 5.41) is 0.876. The van der Waals surface area contributed by atoms with Crippen molar-refractivity contribution in [1.82, 2.24) is 4.90 Å². The minimum absolute atomic E-state index is 0.0533. The molecule has 0 aliphatic carbocycles. The third-order valence-corrected chi connectivity index (χ3v) is 4.83. The van der Waals surface area contributed by atoms with Gasteiger partial charge in [-0.15, -0.1) is 0 Å². The van der Waals surface area contributed by atoms with E-state index in [0.717, 1.165) is 22.9 Å².